The molecule has 7 nitrogen and oxygen atoms in total. The zero-order valence-electron chi connectivity index (χ0n) is 8.34. The van der Waals surface area contributed by atoms with Gasteiger partial charge in [-0.05, 0) is 0 Å². The summed E-state index contributed by atoms with van der Waals surface area (Å²) in [5.74, 6) is -1.25. The topological polar surface area (TPSA) is 96.6 Å². The second-order valence-corrected chi connectivity index (χ2v) is 3.11. The van der Waals surface area contributed by atoms with Crippen LogP contribution in [0, 0.1) is 0 Å². The van der Waals surface area contributed by atoms with Crippen molar-refractivity contribution in [1.29, 1.82) is 0 Å². The molecule has 2 N–H and O–H groups in total. The van der Waals surface area contributed by atoms with Gasteiger partial charge in [0.1, 0.15) is 11.1 Å². The van der Waals surface area contributed by atoms with Crippen molar-refractivity contribution < 1.29 is 14.7 Å². The minimum atomic E-state index is -1.12. The largest absolute Gasteiger partial charge is 0.478 e. The summed E-state index contributed by atoms with van der Waals surface area (Å²) in [6.45, 7) is 1.32. The van der Waals surface area contributed by atoms with Crippen LogP contribution in [-0.4, -0.2) is 31.6 Å². The van der Waals surface area contributed by atoms with E-state index in [0.717, 1.165) is 0 Å². The molecule has 1 amide bonds. The van der Waals surface area contributed by atoms with E-state index in [2.05, 4.69) is 15.4 Å². The maximum atomic E-state index is 10.9. The molecule has 0 saturated heterocycles. The Balaban J connectivity index is 2.68. The summed E-state index contributed by atoms with van der Waals surface area (Å²) >= 11 is 0. The third-order valence-electron chi connectivity index (χ3n) is 1.96. The van der Waals surface area contributed by atoms with Crippen LogP contribution < -0.4 is 5.32 Å². The number of rotatable bonds is 2. The van der Waals surface area contributed by atoms with Crippen molar-refractivity contribution in [2.24, 2.45) is 0 Å². The highest BCUT2D eigenvalue weighted by Gasteiger charge is 2.15. The lowest BCUT2D eigenvalue weighted by molar-refractivity contribution is -0.114. The molecule has 0 radical (unpaired) electrons. The fraction of sp³-hybridized carbons (Fsp3) is 0.111. The number of hydrogen-bond donors (Lipinski definition) is 2. The average Bonchev–Trinajstić information content (AvgIpc) is 2.61. The summed E-state index contributed by atoms with van der Waals surface area (Å²) in [4.78, 5) is 25.8. The minimum absolute atomic E-state index is 0.00292. The van der Waals surface area contributed by atoms with E-state index in [9.17, 15) is 9.59 Å². The third-order valence-corrected chi connectivity index (χ3v) is 1.96. The lowest BCUT2D eigenvalue weighted by Gasteiger charge is -2.03. The highest BCUT2D eigenvalue weighted by Crippen LogP contribution is 2.18. The highest BCUT2D eigenvalue weighted by molar-refractivity contribution is 6.01. The van der Waals surface area contributed by atoms with Crippen LogP contribution in [0.25, 0.3) is 5.52 Å². The fourth-order valence-electron chi connectivity index (χ4n) is 1.36. The number of fused-ring (bicyclic) bond motifs is 1. The Kier molecular flexibility index (Phi) is 2.28. The molecule has 0 unspecified atom stereocenters. The first-order valence-electron chi connectivity index (χ1n) is 4.43. The molecule has 0 atom stereocenters. The first kappa shape index (κ1) is 10.1. The molecule has 0 aliphatic rings. The Morgan fingerprint density at radius 2 is 2.25 bits per heavy atom. The molecule has 0 aliphatic carbocycles. The Labute approximate surface area is 89.7 Å². The lowest BCUT2D eigenvalue weighted by atomic mass is 10.3. The predicted molar refractivity (Wildman–Crippen MR) is 54.3 cm³/mol. The summed E-state index contributed by atoms with van der Waals surface area (Å²) in [6.07, 6.45) is 4.15. The maximum Gasteiger partial charge on any atom is 0.339 e. The molecule has 2 aromatic heterocycles. The first-order chi connectivity index (χ1) is 7.59. The van der Waals surface area contributed by atoms with E-state index in [1.54, 1.807) is 0 Å². The summed E-state index contributed by atoms with van der Waals surface area (Å²) in [5, 5.41) is 15.2. The van der Waals surface area contributed by atoms with E-state index in [0.29, 0.717) is 0 Å². The molecule has 0 spiro atoms. The second kappa shape index (κ2) is 3.61. The predicted octanol–water partition coefficient (Wildman–Crippen LogP) is 0.386. The van der Waals surface area contributed by atoms with Crippen LogP contribution in [0.5, 0.6) is 0 Å². The lowest BCUT2D eigenvalue weighted by Crippen LogP contribution is -2.10. The molecule has 0 aromatic carbocycles. The van der Waals surface area contributed by atoms with Crippen LogP contribution in [0.3, 0.4) is 0 Å². The molecule has 7 heteroatoms. The normalized spacial score (nSPS) is 10.3. The van der Waals surface area contributed by atoms with Gasteiger partial charge < -0.3 is 10.4 Å². The van der Waals surface area contributed by atoms with E-state index in [-0.39, 0.29) is 22.8 Å². The van der Waals surface area contributed by atoms with Crippen molar-refractivity contribution in [3.63, 3.8) is 0 Å². The highest BCUT2D eigenvalue weighted by atomic mass is 16.4. The fourth-order valence-corrected chi connectivity index (χ4v) is 1.36. The van der Waals surface area contributed by atoms with E-state index in [4.69, 9.17) is 5.11 Å². The van der Waals surface area contributed by atoms with Gasteiger partial charge in [0.25, 0.3) is 0 Å². The molecule has 82 valence electrons. The molecule has 2 rings (SSSR count). The van der Waals surface area contributed by atoms with Crippen LogP contribution >= 0.6 is 0 Å². The Hall–Kier alpha value is -2.44. The van der Waals surface area contributed by atoms with Crippen LogP contribution in [0.4, 0.5) is 5.82 Å². The molecule has 0 bridgehead atoms. The van der Waals surface area contributed by atoms with Crippen molar-refractivity contribution in [2.75, 3.05) is 5.32 Å². The van der Waals surface area contributed by atoms with Gasteiger partial charge in [0.05, 0.1) is 6.20 Å². The van der Waals surface area contributed by atoms with E-state index >= 15 is 0 Å². The number of nitrogens with zero attached hydrogens (tertiary/aromatic N) is 3. The van der Waals surface area contributed by atoms with Gasteiger partial charge in [0, 0.05) is 19.3 Å². The molecule has 0 aliphatic heterocycles. The quantitative estimate of drug-likeness (QED) is 0.762. The Morgan fingerprint density at radius 3 is 2.88 bits per heavy atom. The van der Waals surface area contributed by atoms with Gasteiger partial charge in [-0.2, -0.15) is 5.10 Å². The van der Waals surface area contributed by atoms with E-state index in [1.165, 1.54) is 30.0 Å². The summed E-state index contributed by atoms with van der Waals surface area (Å²) < 4.78 is 1.35. The summed E-state index contributed by atoms with van der Waals surface area (Å²) in [7, 11) is 0. The van der Waals surface area contributed by atoms with Gasteiger partial charge >= 0.3 is 5.97 Å². The van der Waals surface area contributed by atoms with Crippen LogP contribution in [0.15, 0.2) is 18.6 Å². The molecular weight excluding hydrogens is 212 g/mol. The minimum Gasteiger partial charge on any atom is -0.478 e. The van der Waals surface area contributed by atoms with Crippen molar-refractivity contribution >= 4 is 23.2 Å². The van der Waals surface area contributed by atoms with Gasteiger partial charge in [0.15, 0.2) is 5.82 Å². The van der Waals surface area contributed by atoms with Gasteiger partial charge in [-0.25, -0.2) is 14.3 Å². The van der Waals surface area contributed by atoms with Crippen molar-refractivity contribution in [1.82, 2.24) is 14.6 Å². The van der Waals surface area contributed by atoms with Crippen molar-refractivity contribution in [3.05, 3.63) is 24.2 Å². The smallest absolute Gasteiger partial charge is 0.339 e. The van der Waals surface area contributed by atoms with Crippen molar-refractivity contribution in [3.8, 4) is 0 Å². The maximum absolute atomic E-state index is 10.9. The van der Waals surface area contributed by atoms with E-state index in [1.807, 2.05) is 0 Å². The number of carbonyl (C=O) groups excluding carboxylic acids is 1. The monoisotopic (exact) mass is 220 g/mol. The number of anilines is 1. The molecule has 0 fully saturated rings. The molecule has 2 aromatic rings. The van der Waals surface area contributed by atoms with Crippen LogP contribution in [-0.2, 0) is 4.79 Å². The SMILES string of the molecule is CC(=O)Nc1nccn2ncc(C(=O)O)c12. The van der Waals surface area contributed by atoms with Crippen LogP contribution in [0.2, 0.25) is 0 Å². The number of aromatic nitrogens is 3. The van der Waals surface area contributed by atoms with E-state index < -0.39 is 5.97 Å². The summed E-state index contributed by atoms with van der Waals surface area (Å²) in [5.41, 5.74) is 0.266. The number of carboxylic acid groups (broad SMARTS) is 1. The number of nitrogens with one attached hydrogen (secondary N) is 1. The third kappa shape index (κ3) is 1.58. The zero-order valence-corrected chi connectivity index (χ0v) is 8.34. The van der Waals surface area contributed by atoms with Gasteiger partial charge in [-0.15, -0.1) is 0 Å². The number of amides is 1. The molecule has 0 saturated carbocycles. The van der Waals surface area contributed by atoms with Gasteiger partial charge in [0.2, 0.25) is 5.91 Å². The standard InChI is InChI=1S/C9H8N4O3/c1-5(14)12-8-7-6(9(15)16)4-11-13(7)3-2-10-8/h2-4H,1H3,(H,15,16)(H,10,12,14). The second-order valence-electron chi connectivity index (χ2n) is 3.11. The first-order valence-corrected chi connectivity index (χ1v) is 4.43. The number of carboxylic acids is 1. The van der Waals surface area contributed by atoms with Crippen LogP contribution in [0.1, 0.15) is 17.3 Å². The molecule has 16 heavy (non-hydrogen) atoms. The van der Waals surface area contributed by atoms with Gasteiger partial charge in [-0.1, -0.05) is 0 Å². The molecule has 2 heterocycles. The number of carbonyl (C=O) groups is 2. The summed E-state index contributed by atoms with van der Waals surface area (Å²) in [6, 6.07) is 0. The Bertz CT molecular complexity index is 575. The Morgan fingerprint density at radius 1 is 1.50 bits per heavy atom. The van der Waals surface area contributed by atoms with Gasteiger partial charge in [-0.3, -0.25) is 4.79 Å². The number of aromatic carboxylic acids is 1. The van der Waals surface area contributed by atoms with Crippen molar-refractivity contribution in [2.45, 2.75) is 6.92 Å². The molecular formula is C9H8N4O3. The zero-order chi connectivity index (χ0) is 11.7. The average molecular weight is 220 g/mol. The number of hydrogen-bond acceptors (Lipinski definition) is 4.